The summed E-state index contributed by atoms with van der Waals surface area (Å²) in [5, 5.41) is 16.5. The van der Waals surface area contributed by atoms with Gasteiger partial charge in [0.25, 0.3) is 0 Å². The van der Waals surface area contributed by atoms with Gasteiger partial charge in [-0.1, -0.05) is 52.9 Å². The molecule has 0 heterocycles. The Hall–Kier alpha value is -7.22. The van der Waals surface area contributed by atoms with Crippen LogP contribution >= 0.6 is 15.9 Å². The highest BCUT2D eigenvalue weighted by Crippen LogP contribution is 2.40. The van der Waals surface area contributed by atoms with E-state index in [-0.39, 0.29) is 5.82 Å². The Morgan fingerprint density at radius 1 is 0.569 bits per heavy atom. The molecule has 2 aliphatic rings. The summed E-state index contributed by atoms with van der Waals surface area (Å²) in [5.41, 5.74) is 14.2. The summed E-state index contributed by atoms with van der Waals surface area (Å²) in [7, 11) is -1.04. The zero-order valence-electron chi connectivity index (χ0n) is 27.7. The van der Waals surface area contributed by atoms with Gasteiger partial charge in [-0.3, -0.25) is 0 Å². The molecule has 0 radical (unpaired) electrons. The van der Waals surface area contributed by atoms with E-state index in [0.29, 0.717) is 0 Å². The minimum atomic E-state index is -1.04. The summed E-state index contributed by atoms with van der Waals surface area (Å²) in [6, 6.07) is 15.8. The summed E-state index contributed by atoms with van der Waals surface area (Å²) in [4.78, 5) is 0. The minimum Gasteiger partial charge on any atom is -0.427 e. The first-order valence-electron chi connectivity index (χ1n) is 15.0. The Kier molecular flexibility index (Phi) is 23.7. The van der Waals surface area contributed by atoms with E-state index in [1.54, 1.807) is 6.92 Å². The molecule has 6 heteroatoms. The van der Waals surface area contributed by atoms with E-state index in [1.165, 1.54) is 18.4 Å². The van der Waals surface area contributed by atoms with E-state index in [1.807, 2.05) is 36.4 Å². The molecule has 51 heavy (non-hydrogen) atoms. The van der Waals surface area contributed by atoms with Crippen molar-refractivity contribution >= 4 is 34.4 Å². The largest absolute Gasteiger partial charge is 0.454 e. The third kappa shape index (κ3) is 27.6. The molecule has 4 rings (SSSR count). The quantitative estimate of drug-likeness (QED) is 0.210. The smallest absolute Gasteiger partial charge is 0.427 e. The maximum absolute atomic E-state index is 8.25. The highest BCUT2D eigenvalue weighted by atomic mass is 79.9. The van der Waals surface area contributed by atoms with Crippen molar-refractivity contribution < 1.29 is 10.0 Å². The number of anilines is 2. The predicted octanol–water partition coefficient (Wildman–Crippen LogP) is 4.48. The molecule has 2 saturated carbocycles. The summed E-state index contributed by atoms with van der Waals surface area (Å²) in [6.07, 6.45) is 9.61. The third-order valence-corrected chi connectivity index (χ3v) is 5.92. The van der Waals surface area contributed by atoms with Crippen molar-refractivity contribution in [3.63, 3.8) is 0 Å². The van der Waals surface area contributed by atoms with Crippen molar-refractivity contribution in [2.24, 2.45) is 0 Å². The molecule has 2 aliphatic carbocycles. The Morgan fingerprint density at radius 3 is 1.20 bits per heavy atom. The van der Waals surface area contributed by atoms with E-state index in [4.69, 9.17) is 27.9 Å². The number of terminal acetylenes is 1. The fourth-order valence-electron chi connectivity index (χ4n) is 2.89. The Balaban J connectivity index is 0.000000426. The van der Waals surface area contributed by atoms with Crippen LogP contribution in [0.5, 0.6) is 0 Å². The summed E-state index contributed by atoms with van der Waals surface area (Å²) in [6.45, 7) is 1.69. The van der Waals surface area contributed by atoms with Crippen molar-refractivity contribution in [3.8, 4) is 154 Å². The summed E-state index contributed by atoms with van der Waals surface area (Å²) < 4.78 is 1.03. The molecule has 0 bridgehead atoms. The van der Waals surface area contributed by atoms with Crippen LogP contribution in [-0.4, -0.2) is 17.2 Å². The lowest BCUT2D eigenvalue weighted by Gasteiger charge is -1.97. The number of hydrogen-bond acceptors (Lipinski definition) is 4. The first-order valence-corrected chi connectivity index (χ1v) is 15.8. The van der Waals surface area contributed by atoms with Gasteiger partial charge in [0.1, 0.15) is 0 Å². The van der Waals surface area contributed by atoms with Crippen LogP contribution in [0.4, 0.5) is 11.4 Å². The molecule has 2 aromatic carbocycles. The molecule has 0 aromatic heterocycles. The summed E-state index contributed by atoms with van der Waals surface area (Å²) in [5.74, 6) is 62.9. The molecule has 240 valence electrons. The fraction of sp³-hybridized carbons (Fsp3) is 0.156. The van der Waals surface area contributed by atoms with E-state index >= 15 is 0 Å². The van der Waals surface area contributed by atoms with Crippen molar-refractivity contribution in [2.75, 3.05) is 11.5 Å². The normalized spacial score (nSPS) is 9.31. The highest BCUT2D eigenvalue weighted by Gasteiger charge is 2.33. The average Bonchev–Trinajstić information content (AvgIpc) is 4.03. The highest BCUT2D eigenvalue weighted by molar-refractivity contribution is 9.10. The monoisotopic (exact) mass is 718 g/mol. The molecule has 4 nitrogen and oxygen atoms in total. The van der Waals surface area contributed by atoms with Crippen molar-refractivity contribution in [2.45, 2.75) is 44.3 Å². The fourth-order valence-corrected chi connectivity index (χ4v) is 3.30. The number of nitrogen functional groups attached to an aromatic ring is 2. The van der Waals surface area contributed by atoms with Gasteiger partial charge in [0.05, 0.1) is 0 Å². The van der Waals surface area contributed by atoms with Crippen LogP contribution < -0.4 is 11.5 Å². The molecule has 0 atom stereocenters. The number of benzene rings is 2. The maximum atomic E-state index is 8.25. The lowest BCUT2D eigenvalue weighted by atomic mass is 9.84. The van der Waals surface area contributed by atoms with Gasteiger partial charge in [-0.25, -0.2) is 0 Å². The Labute approximate surface area is 312 Å². The van der Waals surface area contributed by atoms with Gasteiger partial charge in [0.2, 0.25) is 0 Å². The Bertz CT molecular complexity index is 2330. The van der Waals surface area contributed by atoms with Gasteiger partial charge in [0, 0.05) is 63.2 Å². The molecule has 0 aliphatic heterocycles. The lowest BCUT2D eigenvalue weighted by Crippen LogP contribution is -2.09. The minimum absolute atomic E-state index is 0.213. The zero-order valence-corrected chi connectivity index (χ0v) is 29.3. The predicted molar refractivity (Wildman–Crippen MR) is 212 cm³/mol. The SMILES string of the molecule is C#CC#CC#CC#CC#CC#CC#CC#CC#CC#CC#CC#CC#CC.Nc1cccc(Br)c1.Nc1cccc(C2CC2)c1.OB(O)C1CC1. The molecule has 2 aromatic rings. The van der Waals surface area contributed by atoms with Gasteiger partial charge < -0.3 is 21.5 Å². The van der Waals surface area contributed by atoms with Crippen LogP contribution in [0, 0.1) is 154 Å². The summed E-state index contributed by atoms with van der Waals surface area (Å²) >= 11 is 3.28. The number of nitrogens with two attached hydrogens (primary N) is 2. The number of halogens is 1. The lowest BCUT2D eigenvalue weighted by molar-refractivity contribution is 0.403. The van der Waals surface area contributed by atoms with Crippen LogP contribution in [0.2, 0.25) is 5.82 Å². The molecule has 0 amide bonds. The van der Waals surface area contributed by atoms with Crippen LogP contribution in [0.25, 0.3) is 0 Å². The van der Waals surface area contributed by atoms with Gasteiger partial charge >= 0.3 is 7.12 Å². The van der Waals surface area contributed by atoms with Crippen molar-refractivity contribution in [3.05, 3.63) is 58.6 Å². The van der Waals surface area contributed by atoms with Gasteiger partial charge in [-0.05, 0) is 162 Å². The second-order valence-corrected chi connectivity index (χ2v) is 10.4. The van der Waals surface area contributed by atoms with Crippen LogP contribution in [-0.2, 0) is 0 Å². The zero-order chi connectivity index (χ0) is 37.2. The van der Waals surface area contributed by atoms with Crippen LogP contribution in [0.1, 0.15) is 44.1 Å². The van der Waals surface area contributed by atoms with Crippen molar-refractivity contribution in [1.29, 1.82) is 0 Å². The maximum Gasteiger partial charge on any atom is 0.454 e. The molecular formula is C45H28BBrN2O2. The second kappa shape index (κ2) is 29.0. The van der Waals surface area contributed by atoms with E-state index in [9.17, 15) is 0 Å². The molecule has 0 spiro atoms. The Morgan fingerprint density at radius 2 is 0.941 bits per heavy atom. The first-order chi connectivity index (χ1) is 24.9. The van der Waals surface area contributed by atoms with Gasteiger partial charge in [0.15, 0.2) is 0 Å². The standard InChI is InChI=1S/C27H4.C9H11N.C6H6BrN.C3H7BO2/c1-3-5-7-9-11-13-15-17-19-21-23-25-27-26-24-22-20-18-16-14-12-10-8-6-4-2;10-9-3-1-2-8(6-9)7-4-5-7;7-5-2-1-3-6(8)4-5;5-4(6)3-1-2-3/h1H,2H3;1-3,6-7H,4-5,10H2;1-4H,8H2;3,5-6H,1-2H2. The van der Waals surface area contributed by atoms with Crippen LogP contribution in [0.3, 0.4) is 0 Å². The second-order valence-electron chi connectivity index (χ2n) is 9.52. The van der Waals surface area contributed by atoms with Gasteiger partial charge in [-0.2, -0.15) is 0 Å². The van der Waals surface area contributed by atoms with Crippen LogP contribution in [0.15, 0.2) is 53.0 Å². The molecule has 2 fully saturated rings. The third-order valence-electron chi connectivity index (χ3n) is 5.42. The van der Waals surface area contributed by atoms with E-state index in [2.05, 4.69) is 176 Å². The average molecular weight is 719 g/mol. The van der Waals surface area contributed by atoms with Crippen molar-refractivity contribution in [1.82, 2.24) is 0 Å². The van der Waals surface area contributed by atoms with Gasteiger partial charge in [-0.15, -0.1) is 6.42 Å². The van der Waals surface area contributed by atoms with E-state index < -0.39 is 7.12 Å². The number of rotatable bonds is 2. The first kappa shape index (κ1) is 41.8. The topological polar surface area (TPSA) is 92.5 Å². The molecule has 0 saturated heterocycles. The van der Waals surface area contributed by atoms with E-state index in [0.717, 1.165) is 34.6 Å². The number of hydrogen-bond donors (Lipinski definition) is 4. The molecular weight excluding hydrogens is 691 g/mol. The molecule has 0 unspecified atom stereocenters. The molecule has 6 N–H and O–H groups in total.